The van der Waals surface area contributed by atoms with Gasteiger partial charge in [-0.2, -0.15) is 0 Å². The number of carboxylic acids is 1. The van der Waals surface area contributed by atoms with Crippen LogP contribution in [0.4, 0.5) is 5.95 Å². The van der Waals surface area contributed by atoms with Crippen LogP contribution in [0.2, 0.25) is 5.15 Å². The second-order valence-electron chi connectivity index (χ2n) is 9.58. The fourth-order valence-corrected chi connectivity index (χ4v) is 5.07. The molecule has 1 N–H and O–H groups in total. The van der Waals surface area contributed by atoms with E-state index in [9.17, 15) is 9.90 Å². The second kappa shape index (κ2) is 11.2. The lowest BCUT2D eigenvalue weighted by molar-refractivity contribution is -0.142. The molecule has 0 spiro atoms. The van der Waals surface area contributed by atoms with Crippen molar-refractivity contribution >= 4 is 23.5 Å². The number of nitrogens with zero attached hydrogens (tertiary/aromatic N) is 4. The molecule has 2 aromatic heterocycles. The van der Waals surface area contributed by atoms with Gasteiger partial charge in [-0.05, 0) is 62.1 Å². The summed E-state index contributed by atoms with van der Waals surface area (Å²) in [5.41, 5.74) is 3.63. The Bertz CT molecular complexity index is 1390. The number of aliphatic carboxylic acids is 1. The van der Waals surface area contributed by atoms with Crippen molar-refractivity contribution < 1.29 is 19.1 Å². The quantitative estimate of drug-likeness (QED) is 0.286. The van der Waals surface area contributed by atoms with Crippen LogP contribution >= 0.6 is 11.6 Å². The Hall–Kier alpha value is -3.91. The Morgan fingerprint density at radius 2 is 1.84 bits per heavy atom. The lowest BCUT2D eigenvalue weighted by Crippen LogP contribution is -2.25. The Balaban J connectivity index is 1.17. The Labute approximate surface area is 226 Å². The van der Waals surface area contributed by atoms with Gasteiger partial charge >= 0.3 is 5.97 Å². The number of hydrogen-bond donors (Lipinski definition) is 1. The number of oxazole rings is 1. The van der Waals surface area contributed by atoms with Crippen LogP contribution in [0.3, 0.4) is 0 Å². The van der Waals surface area contributed by atoms with Crippen molar-refractivity contribution in [3.05, 3.63) is 88.5 Å². The molecule has 38 heavy (non-hydrogen) atoms. The molecule has 0 saturated carbocycles. The van der Waals surface area contributed by atoms with E-state index in [0.29, 0.717) is 49.5 Å². The van der Waals surface area contributed by atoms with Crippen LogP contribution in [-0.4, -0.2) is 45.7 Å². The molecule has 3 heterocycles. The molecule has 2 atom stereocenters. The normalized spacial score (nSPS) is 17.1. The lowest BCUT2D eigenvalue weighted by atomic mass is 9.90. The number of carbonyl (C=O) groups is 1. The largest absolute Gasteiger partial charge is 0.493 e. The van der Waals surface area contributed by atoms with Gasteiger partial charge in [0.1, 0.15) is 16.7 Å². The number of benzene rings is 2. The highest BCUT2D eigenvalue weighted by Gasteiger charge is 2.38. The number of halogens is 1. The van der Waals surface area contributed by atoms with Gasteiger partial charge in [-0.15, -0.1) is 0 Å². The number of anilines is 1. The van der Waals surface area contributed by atoms with Gasteiger partial charge < -0.3 is 19.2 Å². The fourth-order valence-electron chi connectivity index (χ4n) is 4.83. The summed E-state index contributed by atoms with van der Waals surface area (Å²) in [6.45, 7) is 5.14. The molecule has 196 valence electrons. The van der Waals surface area contributed by atoms with Gasteiger partial charge in [0.05, 0.1) is 18.2 Å². The van der Waals surface area contributed by atoms with Crippen molar-refractivity contribution in [2.24, 2.45) is 11.8 Å². The molecule has 0 bridgehead atoms. The minimum absolute atomic E-state index is 0.0730. The van der Waals surface area contributed by atoms with Crippen molar-refractivity contribution in [2.45, 2.75) is 26.7 Å². The molecule has 1 saturated heterocycles. The Morgan fingerprint density at radius 1 is 1.08 bits per heavy atom. The first-order valence-corrected chi connectivity index (χ1v) is 13.0. The summed E-state index contributed by atoms with van der Waals surface area (Å²) in [7, 11) is 0. The molecule has 0 amide bonds. The van der Waals surface area contributed by atoms with E-state index in [4.69, 9.17) is 20.8 Å². The zero-order valence-electron chi connectivity index (χ0n) is 21.3. The van der Waals surface area contributed by atoms with Crippen molar-refractivity contribution in [1.29, 1.82) is 0 Å². The van der Waals surface area contributed by atoms with Crippen LogP contribution in [0.5, 0.6) is 5.75 Å². The molecule has 0 unspecified atom stereocenters. The van der Waals surface area contributed by atoms with Crippen molar-refractivity contribution in [3.8, 4) is 17.2 Å². The van der Waals surface area contributed by atoms with Crippen LogP contribution < -0.4 is 9.64 Å². The van der Waals surface area contributed by atoms with E-state index >= 15 is 0 Å². The molecular formula is C29H29ClN4O4. The second-order valence-corrected chi connectivity index (χ2v) is 9.96. The molecule has 8 nitrogen and oxygen atoms in total. The predicted molar refractivity (Wildman–Crippen MR) is 145 cm³/mol. The van der Waals surface area contributed by atoms with E-state index in [1.165, 1.54) is 0 Å². The average molecular weight is 533 g/mol. The summed E-state index contributed by atoms with van der Waals surface area (Å²) in [6, 6.07) is 19.3. The fraction of sp³-hybridized carbons (Fsp3) is 0.310. The van der Waals surface area contributed by atoms with Crippen molar-refractivity contribution in [3.63, 3.8) is 0 Å². The van der Waals surface area contributed by atoms with Gasteiger partial charge in [-0.1, -0.05) is 41.9 Å². The SMILES string of the molecule is Cc1cc(Cl)nc(N2C[C@@H](Cc3ccc(OCCc4nc(-c5ccccc5)oc4C)cc3)[C@@H](C(=O)O)C2)n1. The Morgan fingerprint density at radius 3 is 2.55 bits per heavy atom. The van der Waals surface area contributed by atoms with E-state index in [0.717, 1.165) is 34.0 Å². The molecule has 9 heteroatoms. The summed E-state index contributed by atoms with van der Waals surface area (Å²) in [5.74, 6) is 1.24. The highest BCUT2D eigenvalue weighted by molar-refractivity contribution is 6.29. The van der Waals surface area contributed by atoms with Gasteiger partial charge in [0.2, 0.25) is 11.8 Å². The number of aromatic nitrogens is 3. The third-order valence-corrected chi connectivity index (χ3v) is 6.99. The molecule has 1 aliphatic heterocycles. The van der Waals surface area contributed by atoms with Crippen LogP contribution in [0.15, 0.2) is 65.1 Å². The molecule has 0 radical (unpaired) electrons. The van der Waals surface area contributed by atoms with Crippen molar-refractivity contribution in [2.75, 3.05) is 24.6 Å². The maximum absolute atomic E-state index is 12.0. The van der Waals surface area contributed by atoms with Crippen LogP contribution in [0.1, 0.15) is 22.7 Å². The first-order valence-electron chi connectivity index (χ1n) is 12.6. The third-order valence-electron chi connectivity index (χ3n) is 6.79. The zero-order chi connectivity index (χ0) is 26.6. The highest BCUT2D eigenvalue weighted by atomic mass is 35.5. The lowest BCUT2D eigenvalue weighted by Gasteiger charge is -2.17. The molecule has 1 fully saturated rings. The minimum atomic E-state index is -0.810. The van der Waals surface area contributed by atoms with Gasteiger partial charge in [0.15, 0.2) is 0 Å². The maximum atomic E-state index is 12.0. The summed E-state index contributed by atoms with van der Waals surface area (Å²) in [5, 5.41) is 10.2. The zero-order valence-corrected chi connectivity index (χ0v) is 22.1. The maximum Gasteiger partial charge on any atom is 0.308 e. The minimum Gasteiger partial charge on any atom is -0.493 e. The standard InChI is InChI=1S/C29H29ClN4O4/c1-18-14-26(30)33-29(31-18)34-16-22(24(17-34)28(35)36)15-20-8-10-23(11-9-20)37-13-12-25-19(2)38-27(32-25)21-6-4-3-5-7-21/h3-11,14,22,24H,12-13,15-17H2,1-2H3,(H,35,36)/t22-,24+/m1/s1. The van der Waals surface area contributed by atoms with Gasteiger partial charge in [0.25, 0.3) is 0 Å². The van der Waals surface area contributed by atoms with Crippen molar-refractivity contribution in [1.82, 2.24) is 15.0 Å². The van der Waals surface area contributed by atoms with E-state index < -0.39 is 11.9 Å². The molecule has 0 aliphatic carbocycles. The number of rotatable bonds is 9. The molecular weight excluding hydrogens is 504 g/mol. The van der Waals surface area contributed by atoms with E-state index in [1.807, 2.05) is 73.3 Å². The number of hydrogen-bond acceptors (Lipinski definition) is 7. The van der Waals surface area contributed by atoms with Crippen LogP contribution in [0.25, 0.3) is 11.5 Å². The van der Waals surface area contributed by atoms with E-state index in [2.05, 4.69) is 15.0 Å². The number of aryl methyl sites for hydroxylation is 2. The molecule has 1 aliphatic rings. The predicted octanol–water partition coefficient (Wildman–Crippen LogP) is 5.40. The van der Waals surface area contributed by atoms with Crippen LogP contribution in [-0.2, 0) is 17.6 Å². The summed E-state index contributed by atoms with van der Waals surface area (Å²) < 4.78 is 11.8. The Kier molecular flexibility index (Phi) is 7.60. The summed E-state index contributed by atoms with van der Waals surface area (Å²) in [4.78, 5) is 27.3. The molecule has 5 rings (SSSR count). The average Bonchev–Trinajstić information content (AvgIpc) is 3.49. The number of ether oxygens (including phenoxy) is 1. The van der Waals surface area contributed by atoms with Gasteiger partial charge in [-0.3, -0.25) is 4.79 Å². The summed E-state index contributed by atoms with van der Waals surface area (Å²) >= 11 is 6.10. The van der Waals surface area contributed by atoms with Crippen LogP contribution in [0, 0.1) is 25.7 Å². The summed E-state index contributed by atoms with van der Waals surface area (Å²) in [6.07, 6.45) is 1.26. The third kappa shape index (κ3) is 5.97. The highest BCUT2D eigenvalue weighted by Crippen LogP contribution is 2.31. The molecule has 4 aromatic rings. The first kappa shape index (κ1) is 25.7. The number of carboxylic acid groups (broad SMARTS) is 1. The topological polar surface area (TPSA) is 102 Å². The smallest absolute Gasteiger partial charge is 0.308 e. The monoisotopic (exact) mass is 532 g/mol. The molecule has 2 aromatic carbocycles. The van der Waals surface area contributed by atoms with Gasteiger partial charge in [-0.25, -0.2) is 15.0 Å². The first-order chi connectivity index (χ1) is 18.4. The van der Waals surface area contributed by atoms with E-state index in [-0.39, 0.29) is 5.92 Å². The van der Waals surface area contributed by atoms with Gasteiger partial charge in [0, 0.05) is 30.8 Å². The van der Waals surface area contributed by atoms with E-state index in [1.54, 1.807) is 6.07 Å².